The number of aryl methyl sites for hydroxylation is 2. The van der Waals surface area contributed by atoms with Crippen molar-refractivity contribution >= 4 is 45.4 Å². The number of amides is 1. The number of rotatable bonds is 2. The number of thioether (sulfide) groups is 1. The standard InChI is InChI=1S/C15H14N4OS2/c1-9-6-4-5-7-11(9)8-12-13(20)19(3)15(22-12)16-14-18-17-10(2)21-14/h4-8H,1-3H3/b12-8-,16-15+. The summed E-state index contributed by atoms with van der Waals surface area (Å²) in [5.41, 5.74) is 2.18. The predicted octanol–water partition coefficient (Wildman–Crippen LogP) is 3.39. The summed E-state index contributed by atoms with van der Waals surface area (Å²) >= 11 is 2.77. The molecule has 5 nitrogen and oxygen atoms in total. The molecule has 0 spiro atoms. The number of benzene rings is 1. The molecule has 0 N–H and O–H groups in total. The maximum atomic E-state index is 12.4. The Labute approximate surface area is 136 Å². The summed E-state index contributed by atoms with van der Waals surface area (Å²) in [6, 6.07) is 7.97. The molecule has 0 saturated carbocycles. The van der Waals surface area contributed by atoms with Crippen LogP contribution in [-0.2, 0) is 4.79 Å². The zero-order valence-electron chi connectivity index (χ0n) is 12.4. The van der Waals surface area contributed by atoms with Gasteiger partial charge in [0.15, 0.2) is 5.17 Å². The molecule has 1 aliphatic rings. The Kier molecular flexibility index (Phi) is 4.08. The average Bonchev–Trinajstić information content (AvgIpc) is 3.01. The molecule has 2 aromatic rings. The molecule has 22 heavy (non-hydrogen) atoms. The number of aromatic nitrogens is 2. The highest BCUT2D eigenvalue weighted by molar-refractivity contribution is 8.18. The van der Waals surface area contributed by atoms with Crippen LogP contribution < -0.4 is 0 Å². The van der Waals surface area contributed by atoms with Gasteiger partial charge in [-0.05, 0) is 42.8 Å². The van der Waals surface area contributed by atoms with Gasteiger partial charge in [0.05, 0.1) is 4.91 Å². The zero-order chi connectivity index (χ0) is 15.7. The Morgan fingerprint density at radius 1 is 1.23 bits per heavy atom. The normalized spacial score (nSPS) is 18.7. The van der Waals surface area contributed by atoms with E-state index in [9.17, 15) is 4.79 Å². The summed E-state index contributed by atoms with van der Waals surface area (Å²) in [7, 11) is 1.72. The summed E-state index contributed by atoms with van der Waals surface area (Å²) < 4.78 is 0. The Morgan fingerprint density at radius 2 is 2.00 bits per heavy atom. The number of hydrogen-bond acceptors (Lipinski definition) is 6. The van der Waals surface area contributed by atoms with Gasteiger partial charge in [-0.3, -0.25) is 9.69 Å². The van der Waals surface area contributed by atoms with Gasteiger partial charge < -0.3 is 0 Å². The van der Waals surface area contributed by atoms with Crippen LogP contribution in [0.15, 0.2) is 34.2 Å². The van der Waals surface area contributed by atoms with Crippen LogP contribution in [0.1, 0.15) is 16.1 Å². The van der Waals surface area contributed by atoms with Crippen LogP contribution in [0.2, 0.25) is 0 Å². The van der Waals surface area contributed by atoms with Crippen LogP contribution in [0.4, 0.5) is 5.13 Å². The van der Waals surface area contributed by atoms with Crippen molar-refractivity contribution in [3.05, 3.63) is 45.3 Å². The van der Waals surface area contributed by atoms with E-state index in [1.165, 1.54) is 23.1 Å². The van der Waals surface area contributed by atoms with Gasteiger partial charge in [-0.25, -0.2) is 0 Å². The van der Waals surface area contributed by atoms with Crippen LogP contribution in [0.25, 0.3) is 6.08 Å². The minimum absolute atomic E-state index is 0.0479. The summed E-state index contributed by atoms with van der Waals surface area (Å²) in [5.74, 6) is -0.0479. The van der Waals surface area contributed by atoms with Crippen molar-refractivity contribution in [3.63, 3.8) is 0 Å². The molecule has 1 aliphatic heterocycles. The molecule has 0 aliphatic carbocycles. The second kappa shape index (κ2) is 6.02. The molecule has 0 unspecified atom stereocenters. The van der Waals surface area contributed by atoms with Crippen molar-refractivity contribution in [2.24, 2.45) is 4.99 Å². The second-order valence-corrected chi connectivity index (χ2v) is 7.00. The van der Waals surface area contributed by atoms with Gasteiger partial charge in [0, 0.05) is 7.05 Å². The van der Waals surface area contributed by atoms with E-state index in [4.69, 9.17) is 0 Å². The molecule has 1 saturated heterocycles. The molecule has 0 bridgehead atoms. The van der Waals surface area contributed by atoms with Crippen LogP contribution in [0.5, 0.6) is 0 Å². The lowest BCUT2D eigenvalue weighted by Gasteiger charge is -2.05. The van der Waals surface area contributed by atoms with Crippen molar-refractivity contribution in [2.75, 3.05) is 7.05 Å². The first-order chi connectivity index (χ1) is 10.5. The quantitative estimate of drug-likeness (QED) is 0.792. The molecule has 3 rings (SSSR count). The fraction of sp³-hybridized carbons (Fsp3) is 0.200. The predicted molar refractivity (Wildman–Crippen MR) is 91.3 cm³/mol. The van der Waals surface area contributed by atoms with Gasteiger partial charge in [0.2, 0.25) is 5.13 Å². The van der Waals surface area contributed by atoms with E-state index in [0.717, 1.165) is 16.1 Å². The monoisotopic (exact) mass is 330 g/mol. The molecule has 1 amide bonds. The molecular weight excluding hydrogens is 316 g/mol. The minimum Gasteiger partial charge on any atom is -0.289 e. The van der Waals surface area contributed by atoms with Gasteiger partial charge in [0.25, 0.3) is 5.91 Å². The number of aliphatic imine (C=N–C) groups is 1. The van der Waals surface area contributed by atoms with Crippen molar-refractivity contribution in [2.45, 2.75) is 13.8 Å². The van der Waals surface area contributed by atoms with Gasteiger partial charge in [-0.1, -0.05) is 35.6 Å². The van der Waals surface area contributed by atoms with Gasteiger partial charge in [0.1, 0.15) is 5.01 Å². The smallest absolute Gasteiger partial charge is 0.266 e. The van der Waals surface area contributed by atoms with Crippen LogP contribution >= 0.6 is 23.1 Å². The lowest BCUT2D eigenvalue weighted by atomic mass is 10.1. The third-order valence-electron chi connectivity index (χ3n) is 3.19. The molecule has 1 aromatic heterocycles. The summed E-state index contributed by atoms with van der Waals surface area (Å²) in [5, 5.41) is 9.95. The molecule has 0 radical (unpaired) electrons. The van der Waals surface area contributed by atoms with Crippen molar-refractivity contribution in [1.82, 2.24) is 15.1 Å². The number of hydrogen-bond donors (Lipinski definition) is 0. The van der Waals surface area contributed by atoms with E-state index < -0.39 is 0 Å². The molecule has 0 atom stereocenters. The van der Waals surface area contributed by atoms with E-state index in [1.807, 2.05) is 44.2 Å². The van der Waals surface area contributed by atoms with Gasteiger partial charge in [-0.15, -0.1) is 10.2 Å². The third-order valence-corrected chi connectivity index (χ3v) is 4.98. The second-order valence-electron chi connectivity index (χ2n) is 4.83. The van der Waals surface area contributed by atoms with E-state index in [0.29, 0.717) is 15.2 Å². The first kappa shape index (κ1) is 14.9. The zero-order valence-corrected chi connectivity index (χ0v) is 14.0. The summed E-state index contributed by atoms with van der Waals surface area (Å²) in [6.45, 7) is 3.90. The number of likely N-dealkylation sites (N-methyl/N-ethyl adjacent to an activating group) is 1. The Balaban J connectivity index is 1.92. The molecule has 112 valence electrons. The Morgan fingerprint density at radius 3 is 2.68 bits per heavy atom. The molecule has 1 fully saturated rings. The Bertz CT molecular complexity index is 794. The van der Waals surface area contributed by atoms with Crippen molar-refractivity contribution < 1.29 is 4.79 Å². The van der Waals surface area contributed by atoms with E-state index in [-0.39, 0.29) is 5.91 Å². The average molecular weight is 330 g/mol. The molecule has 1 aromatic carbocycles. The fourth-order valence-electron chi connectivity index (χ4n) is 1.95. The highest BCUT2D eigenvalue weighted by Gasteiger charge is 2.30. The fourth-order valence-corrected chi connectivity index (χ4v) is 3.53. The van der Waals surface area contributed by atoms with Crippen LogP contribution in [-0.4, -0.2) is 33.2 Å². The summed E-state index contributed by atoms with van der Waals surface area (Å²) in [4.78, 5) is 19.0. The highest BCUT2D eigenvalue weighted by Crippen LogP contribution is 2.33. The maximum Gasteiger partial charge on any atom is 0.266 e. The number of carbonyl (C=O) groups excluding carboxylic acids is 1. The lowest BCUT2D eigenvalue weighted by molar-refractivity contribution is -0.121. The number of carbonyl (C=O) groups is 1. The topological polar surface area (TPSA) is 58.5 Å². The van der Waals surface area contributed by atoms with E-state index in [1.54, 1.807) is 11.9 Å². The first-order valence-corrected chi connectivity index (χ1v) is 8.30. The molecule has 2 heterocycles. The van der Waals surface area contributed by atoms with Gasteiger partial charge in [-0.2, -0.15) is 4.99 Å². The lowest BCUT2D eigenvalue weighted by Crippen LogP contribution is -2.23. The number of nitrogens with zero attached hydrogens (tertiary/aromatic N) is 4. The van der Waals surface area contributed by atoms with E-state index in [2.05, 4.69) is 15.2 Å². The van der Waals surface area contributed by atoms with Gasteiger partial charge >= 0.3 is 0 Å². The summed E-state index contributed by atoms with van der Waals surface area (Å²) in [6.07, 6.45) is 1.91. The van der Waals surface area contributed by atoms with Crippen LogP contribution in [0, 0.1) is 13.8 Å². The maximum absolute atomic E-state index is 12.4. The largest absolute Gasteiger partial charge is 0.289 e. The SMILES string of the molecule is Cc1nnc(/N=C2/S/C(=C\c3ccccc3C)C(=O)N2C)s1. The van der Waals surface area contributed by atoms with Crippen molar-refractivity contribution in [1.29, 1.82) is 0 Å². The minimum atomic E-state index is -0.0479. The van der Waals surface area contributed by atoms with Crippen molar-refractivity contribution in [3.8, 4) is 0 Å². The number of amidine groups is 1. The molecule has 7 heteroatoms. The third kappa shape index (κ3) is 2.95. The van der Waals surface area contributed by atoms with E-state index >= 15 is 0 Å². The molecular formula is C15H14N4OS2. The first-order valence-electron chi connectivity index (χ1n) is 6.66. The Hall–Kier alpha value is -1.99. The highest BCUT2D eigenvalue weighted by atomic mass is 32.2. The van der Waals surface area contributed by atoms with Crippen LogP contribution in [0.3, 0.4) is 0 Å².